The van der Waals surface area contributed by atoms with Gasteiger partial charge in [-0.1, -0.05) is 0 Å². The number of oxazole rings is 1. The summed E-state index contributed by atoms with van der Waals surface area (Å²) in [6.45, 7) is 0. The molecule has 130 valence electrons. The Balaban J connectivity index is 1.54. The molecule has 0 amide bonds. The van der Waals surface area contributed by atoms with Crippen LogP contribution in [0.1, 0.15) is 24.7 Å². The zero-order valence-electron chi connectivity index (χ0n) is 13.4. The summed E-state index contributed by atoms with van der Waals surface area (Å²) < 4.78 is 38.7. The minimum Gasteiger partial charge on any atom is -0.497 e. The van der Waals surface area contributed by atoms with Gasteiger partial charge in [0, 0.05) is 11.6 Å². The molecule has 0 atom stereocenters. The van der Waals surface area contributed by atoms with Crippen molar-refractivity contribution in [1.82, 2.24) is 4.98 Å². The van der Waals surface area contributed by atoms with Gasteiger partial charge in [-0.15, -0.1) is 11.3 Å². The van der Waals surface area contributed by atoms with Gasteiger partial charge in [-0.3, -0.25) is 4.72 Å². The van der Waals surface area contributed by atoms with Crippen molar-refractivity contribution in [1.29, 1.82) is 0 Å². The van der Waals surface area contributed by atoms with Gasteiger partial charge in [0.1, 0.15) is 9.96 Å². The lowest BCUT2D eigenvalue weighted by Crippen LogP contribution is -2.11. The van der Waals surface area contributed by atoms with E-state index in [2.05, 4.69) is 9.71 Å². The highest BCUT2D eigenvalue weighted by molar-refractivity contribution is 7.94. The lowest BCUT2D eigenvalue weighted by Gasteiger charge is -2.06. The van der Waals surface area contributed by atoms with Crippen LogP contribution in [0.15, 0.2) is 51.2 Å². The Hall–Kier alpha value is -2.32. The summed E-state index contributed by atoms with van der Waals surface area (Å²) in [5.74, 6) is 2.44. The number of hydrogen-bond acceptors (Lipinski definition) is 6. The zero-order valence-corrected chi connectivity index (χ0v) is 15.1. The molecule has 0 radical (unpaired) electrons. The minimum atomic E-state index is -3.65. The van der Waals surface area contributed by atoms with Crippen LogP contribution in [-0.4, -0.2) is 20.5 Å². The summed E-state index contributed by atoms with van der Waals surface area (Å²) in [4.78, 5) is 5.02. The van der Waals surface area contributed by atoms with Gasteiger partial charge in [-0.2, -0.15) is 0 Å². The Labute approximate surface area is 149 Å². The van der Waals surface area contributed by atoms with Crippen LogP contribution in [0.2, 0.25) is 0 Å². The third kappa shape index (κ3) is 3.40. The lowest BCUT2D eigenvalue weighted by atomic mass is 10.3. The number of thiophene rings is 1. The van der Waals surface area contributed by atoms with Crippen molar-refractivity contribution in [2.45, 2.75) is 23.0 Å². The number of rotatable bonds is 6. The second kappa shape index (κ2) is 6.20. The van der Waals surface area contributed by atoms with Crippen molar-refractivity contribution in [2.75, 3.05) is 11.8 Å². The van der Waals surface area contributed by atoms with Crippen LogP contribution in [0.3, 0.4) is 0 Å². The van der Waals surface area contributed by atoms with E-state index in [0.29, 0.717) is 23.1 Å². The molecular weight excluding hydrogens is 360 g/mol. The van der Waals surface area contributed by atoms with Gasteiger partial charge in [-0.25, -0.2) is 13.4 Å². The highest BCUT2D eigenvalue weighted by Crippen LogP contribution is 2.41. The molecule has 0 spiro atoms. The third-order valence-corrected chi connectivity index (χ3v) is 6.85. The van der Waals surface area contributed by atoms with E-state index in [9.17, 15) is 8.42 Å². The first kappa shape index (κ1) is 16.2. The van der Waals surface area contributed by atoms with Gasteiger partial charge >= 0.3 is 0 Å². The van der Waals surface area contributed by atoms with E-state index >= 15 is 0 Å². The van der Waals surface area contributed by atoms with Crippen molar-refractivity contribution in [3.63, 3.8) is 0 Å². The van der Waals surface area contributed by atoms with E-state index in [1.165, 1.54) is 0 Å². The summed E-state index contributed by atoms with van der Waals surface area (Å²) in [5.41, 5.74) is 0.478. The van der Waals surface area contributed by atoms with E-state index in [-0.39, 0.29) is 4.21 Å². The number of sulfonamides is 1. The molecule has 0 saturated heterocycles. The standard InChI is InChI=1S/C17H16N2O4S2/c1-22-13-6-4-12(5-7-13)19-25(20,21)16-9-8-15(24-16)14-10-18-17(23-14)11-2-3-11/h4-11,19H,2-3H2,1H3. The molecule has 2 heterocycles. The van der Waals surface area contributed by atoms with Crippen molar-refractivity contribution >= 4 is 27.0 Å². The molecule has 6 nitrogen and oxygen atoms in total. The maximum absolute atomic E-state index is 12.5. The monoisotopic (exact) mass is 376 g/mol. The molecule has 1 aromatic carbocycles. The van der Waals surface area contributed by atoms with Crippen LogP contribution >= 0.6 is 11.3 Å². The van der Waals surface area contributed by atoms with Crippen LogP contribution in [0.5, 0.6) is 5.75 Å². The Kier molecular flexibility index (Phi) is 4.01. The number of ether oxygens (including phenoxy) is 1. The average Bonchev–Trinajstić information content (AvgIpc) is 3.12. The fraction of sp³-hybridized carbons (Fsp3) is 0.235. The zero-order chi connectivity index (χ0) is 17.4. The molecule has 1 aliphatic rings. The molecule has 1 aliphatic carbocycles. The maximum atomic E-state index is 12.5. The predicted octanol–water partition coefficient (Wildman–Crippen LogP) is 4.09. The summed E-state index contributed by atoms with van der Waals surface area (Å²) in [6.07, 6.45) is 3.87. The van der Waals surface area contributed by atoms with Gasteiger partial charge in [0.25, 0.3) is 10.0 Å². The summed E-state index contributed by atoms with van der Waals surface area (Å²) in [6, 6.07) is 10.0. The SMILES string of the molecule is COc1ccc(NS(=O)(=O)c2ccc(-c3cnc(C4CC4)o3)s2)cc1. The number of nitrogens with one attached hydrogen (secondary N) is 1. The lowest BCUT2D eigenvalue weighted by molar-refractivity contribution is 0.415. The van der Waals surface area contributed by atoms with Crippen molar-refractivity contribution in [3.8, 4) is 16.4 Å². The van der Waals surface area contributed by atoms with Crippen LogP contribution in [0, 0.1) is 0 Å². The highest BCUT2D eigenvalue weighted by Gasteiger charge is 2.29. The smallest absolute Gasteiger partial charge is 0.271 e. The third-order valence-electron chi connectivity index (χ3n) is 3.88. The van der Waals surface area contributed by atoms with Crippen molar-refractivity contribution in [3.05, 3.63) is 48.5 Å². The molecule has 0 unspecified atom stereocenters. The van der Waals surface area contributed by atoms with Crippen LogP contribution < -0.4 is 9.46 Å². The Morgan fingerprint density at radius 3 is 2.64 bits per heavy atom. The molecule has 1 N–H and O–H groups in total. The Morgan fingerprint density at radius 1 is 1.20 bits per heavy atom. The molecule has 8 heteroatoms. The number of nitrogens with zero attached hydrogens (tertiary/aromatic N) is 1. The second-order valence-electron chi connectivity index (χ2n) is 5.79. The quantitative estimate of drug-likeness (QED) is 0.701. The van der Waals surface area contributed by atoms with Gasteiger partial charge in [0.05, 0.1) is 18.2 Å². The van der Waals surface area contributed by atoms with Crippen LogP contribution in [-0.2, 0) is 10.0 Å². The summed E-state index contributed by atoms with van der Waals surface area (Å²) in [7, 11) is -2.09. The first-order valence-corrected chi connectivity index (χ1v) is 10.1. The molecule has 0 bridgehead atoms. The van der Waals surface area contributed by atoms with Crippen molar-refractivity contribution < 1.29 is 17.6 Å². The van der Waals surface area contributed by atoms with Gasteiger partial charge in [-0.05, 0) is 49.2 Å². The molecular formula is C17H16N2O4S2. The fourth-order valence-corrected chi connectivity index (χ4v) is 4.69. The number of methoxy groups -OCH3 is 1. The fourth-order valence-electron chi connectivity index (χ4n) is 2.38. The topological polar surface area (TPSA) is 81.4 Å². The minimum absolute atomic E-state index is 0.225. The number of benzene rings is 1. The number of hydrogen-bond donors (Lipinski definition) is 1. The van der Waals surface area contributed by atoms with E-state index < -0.39 is 10.0 Å². The van der Waals surface area contributed by atoms with E-state index in [1.54, 1.807) is 49.7 Å². The average molecular weight is 376 g/mol. The number of aromatic nitrogens is 1. The highest BCUT2D eigenvalue weighted by atomic mass is 32.2. The molecule has 4 rings (SSSR count). The van der Waals surface area contributed by atoms with Gasteiger partial charge in [0.2, 0.25) is 0 Å². The molecule has 3 aromatic rings. The van der Waals surface area contributed by atoms with Crippen LogP contribution in [0.4, 0.5) is 5.69 Å². The molecule has 1 saturated carbocycles. The first-order valence-electron chi connectivity index (χ1n) is 7.78. The molecule has 2 aromatic heterocycles. The van der Waals surface area contributed by atoms with E-state index in [1.807, 2.05) is 0 Å². The Bertz CT molecular complexity index is 986. The maximum Gasteiger partial charge on any atom is 0.271 e. The van der Waals surface area contributed by atoms with E-state index in [4.69, 9.17) is 9.15 Å². The van der Waals surface area contributed by atoms with Gasteiger partial charge < -0.3 is 9.15 Å². The van der Waals surface area contributed by atoms with E-state index in [0.717, 1.165) is 34.9 Å². The summed E-state index contributed by atoms with van der Waals surface area (Å²) >= 11 is 1.16. The Morgan fingerprint density at radius 2 is 1.96 bits per heavy atom. The largest absolute Gasteiger partial charge is 0.497 e. The van der Waals surface area contributed by atoms with Crippen molar-refractivity contribution in [2.24, 2.45) is 0 Å². The van der Waals surface area contributed by atoms with Gasteiger partial charge in [0.15, 0.2) is 11.7 Å². The second-order valence-corrected chi connectivity index (χ2v) is 8.78. The number of anilines is 1. The molecule has 25 heavy (non-hydrogen) atoms. The van der Waals surface area contributed by atoms with Crippen LogP contribution in [0.25, 0.3) is 10.6 Å². The molecule has 0 aliphatic heterocycles. The normalized spacial score (nSPS) is 14.4. The first-order chi connectivity index (χ1) is 12.0. The molecule has 1 fully saturated rings. The summed E-state index contributed by atoms with van der Waals surface area (Å²) in [5, 5.41) is 0. The predicted molar refractivity (Wildman–Crippen MR) is 95.6 cm³/mol.